The molecule has 2 aromatic carbocycles. The van der Waals surface area contributed by atoms with Crippen molar-refractivity contribution in [3.63, 3.8) is 0 Å². The predicted molar refractivity (Wildman–Crippen MR) is 84.1 cm³/mol. The molecule has 0 spiro atoms. The molecular weight excluding hydrogens is 299 g/mol. The largest absolute Gasteiger partial charge is 0.329 e. The lowest BCUT2D eigenvalue weighted by Gasteiger charge is -2.09. The van der Waals surface area contributed by atoms with Crippen molar-refractivity contribution in [3.05, 3.63) is 52.0 Å². The zero-order valence-electron chi connectivity index (χ0n) is 10.1. The summed E-state index contributed by atoms with van der Waals surface area (Å²) in [5, 5.41) is 5.23. The van der Waals surface area contributed by atoms with Gasteiger partial charge < -0.3 is 5.32 Å². The van der Waals surface area contributed by atoms with Gasteiger partial charge in [0.15, 0.2) is 5.13 Å². The van der Waals surface area contributed by atoms with Crippen LogP contribution < -0.4 is 5.32 Å². The van der Waals surface area contributed by atoms with Gasteiger partial charge in [-0.3, -0.25) is 0 Å². The first-order chi connectivity index (χ1) is 9.15. The maximum Gasteiger partial charge on any atom is 0.188 e. The minimum Gasteiger partial charge on any atom is -0.329 e. The van der Waals surface area contributed by atoms with E-state index >= 15 is 0 Å². The van der Waals surface area contributed by atoms with Crippen LogP contribution in [0.2, 0.25) is 10.0 Å². The maximum atomic E-state index is 6.28. The molecule has 1 heterocycles. The Labute approximate surface area is 125 Å². The summed E-state index contributed by atoms with van der Waals surface area (Å²) in [5.41, 5.74) is 2.66. The third-order valence-electron chi connectivity index (χ3n) is 2.81. The highest BCUT2D eigenvalue weighted by Gasteiger charge is 2.11. The third-order valence-corrected chi connectivity index (χ3v) is 4.56. The lowest BCUT2D eigenvalue weighted by atomic mass is 10.2. The molecule has 0 saturated carbocycles. The fourth-order valence-corrected chi connectivity index (χ4v) is 3.14. The van der Waals surface area contributed by atoms with Crippen LogP contribution in [-0.2, 0) is 0 Å². The number of para-hydroxylation sites is 1. The van der Waals surface area contributed by atoms with Gasteiger partial charge in [-0.05, 0) is 30.7 Å². The molecule has 0 atom stereocenters. The van der Waals surface area contributed by atoms with E-state index in [9.17, 15) is 0 Å². The van der Waals surface area contributed by atoms with E-state index in [-0.39, 0.29) is 0 Å². The van der Waals surface area contributed by atoms with Gasteiger partial charge >= 0.3 is 0 Å². The minimum atomic E-state index is 0.592. The molecular formula is C14H10Cl2N2S. The molecule has 2 nitrogen and oxygen atoms in total. The molecule has 0 saturated heterocycles. The monoisotopic (exact) mass is 308 g/mol. The zero-order valence-corrected chi connectivity index (χ0v) is 12.4. The quantitative estimate of drug-likeness (QED) is 0.661. The topological polar surface area (TPSA) is 24.9 Å². The lowest BCUT2D eigenvalue weighted by Crippen LogP contribution is -1.93. The molecule has 3 rings (SSSR count). The van der Waals surface area contributed by atoms with E-state index in [4.69, 9.17) is 23.2 Å². The van der Waals surface area contributed by atoms with Gasteiger partial charge in [-0.1, -0.05) is 52.7 Å². The molecule has 1 N–H and O–H groups in total. The van der Waals surface area contributed by atoms with Gasteiger partial charge in [0.25, 0.3) is 0 Å². The number of thiazole rings is 1. The van der Waals surface area contributed by atoms with Crippen LogP contribution in [0.15, 0.2) is 36.4 Å². The number of benzene rings is 2. The van der Waals surface area contributed by atoms with Crippen LogP contribution >= 0.6 is 34.5 Å². The number of aryl methyl sites for hydroxylation is 1. The molecule has 0 bridgehead atoms. The van der Waals surface area contributed by atoms with E-state index in [1.54, 1.807) is 11.3 Å². The molecule has 0 aliphatic heterocycles. The first-order valence-electron chi connectivity index (χ1n) is 5.72. The van der Waals surface area contributed by atoms with Crippen LogP contribution in [0.3, 0.4) is 0 Å². The summed E-state index contributed by atoms with van der Waals surface area (Å²) in [6.45, 7) is 1.95. The lowest BCUT2D eigenvalue weighted by molar-refractivity contribution is 1.41. The van der Waals surface area contributed by atoms with Gasteiger partial charge in [0.1, 0.15) is 0 Å². The van der Waals surface area contributed by atoms with Crippen LogP contribution in [0.1, 0.15) is 5.56 Å². The second-order valence-electron chi connectivity index (χ2n) is 4.17. The standard InChI is InChI=1S/C14H10Cl2N2S/c1-8-6-7-9(15)13(12(8)16)18-14-17-10-4-2-3-5-11(10)19-14/h2-7H,1H3,(H,17,18). The first-order valence-corrected chi connectivity index (χ1v) is 7.29. The summed E-state index contributed by atoms with van der Waals surface area (Å²) >= 11 is 14.0. The smallest absolute Gasteiger partial charge is 0.188 e. The number of nitrogens with zero attached hydrogens (tertiary/aromatic N) is 1. The van der Waals surface area contributed by atoms with Crippen molar-refractivity contribution in [1.82, 2.24) is 4.98 Å². The molecule has 96 valence electrons. The predicted octanol–water partition coefficient (Wildman–Crippen LogP) is 5.66. The SMILES string of the molecule is Cc1ccc(Cl)c(Nc2nc3ccccc3s2)c1Cl. The Morgan fingerprint density at radius 1 is 1.11 bits per heavy atom. The Bertz CT molecular complexity index is 719. The molecule has 0 unspecified atom stereocenters. The second-order valence-corrected chi connectivity index (χ2v) is 5.98. The number of nitrogens with one attached hydrogen (secondary N) is 1. The number of hydrogen-bond donors (Lipinski definition) is 1. The molecule has 19 heavy (non-hydrogen) atoms. The molecule has 0 fully saturated rings. The number of hydrogen-bond acceptors (Lipinski definition) is 3. The number of fused-ring (bicyclic) bond motifs is 1. The van der Waals surface area contributed by atoms with E-state index in [0.29, 0.717) is 15.7 Å². The summed E-state index contributed by atoms with van der Waals surface area (Å²) < 4.78 is 1.13. The molecule has 3 aromatic rings. The molecule has 0 aliphatic carbocycles. The minimum absolute atomic E-state index is 0.592. The van der Waals surface area contributed by atoms with Crippen molar-refractivity contribution in [2.75, 3.05) is 5.32 Å². The molecule has 1 aromatic heterocycles. The van der Waals surface area contributed by atoms with Crippen molar-refractivity contribution in [2.24, 2.45) is 0 Å². The maximum absolute atomic E-state index is 6.28. The summed E-state index contributed by atoms with van der Waals surface area (Å²) in [6, 6.07) is 11.7. The van der Waals surface area contributed by atoms with E-state index in [2.05, 4.69) is 10.3 Å². The van der Waals surface area contributed by atoms with Gasteiger partial charge in [-0.25, -0.2) is 4.98 Å². The van der Waals surface area contributed by atoms with E-state index < -0.39 is 0 Å². The van der Waals surface area contributed by atoms with Crippen molar-refractivity contribution in [3.8, 4) is 0 Å². The normalized spacial score (nSPS) is 10.9. The fourth-order valence-electron chi connectivity index (χ4n) is 1.80. The Balaban J connectivity index is 2.03. The van der Waals surface area contributed by atoms with Gasteiger partial charge in [0, 0.05) is 0 Å². The summed E-state index contributed by atoms with van der Waals surface area (Å²) in [4.78, 5) is 4.51. The van der Waals surface area contributed by atoms with E-state index in [1.165, 1.54) is 0 Å². The second kappa shape index (κ2) is 5.00. The molecule has 0 aliphatic rings. The van der Waals surface area contributed by atoms with Crippen molar-refractivity contribution >= 4 is 55.6 Å². The van der Waals surface area contributed by atoms with Crippen molar-refractivity contribution < 1.29 is 0 Å². The number of anilines is 2. The van der Waals surface area contributed by atoms with Gasteiger partial charge in [0.05, 0.1) is 25.9 Å². The van der Waals surface area contributed by atoms with Crippen molar-refractivity contribution in [2.45, 2.75) is 6.92 Å². The van der Waals surface area contributed by atoms with E-state index in [1.807, 2.05) is 43.3 Å². The van der Waals surface area contributed by atoms with Crippen LogP contribution in [-0.4, -0.2) is 4.98 Å². The summed E-state index contributed by atoms with van der Waals surface area (Å²) in [7, 11) is 0. The third kappa shape index (κ3) is 2.41. The zero-order chi connectivity index (χ0) is 13.4. The van der Waals surface area contributed by atoms with Crippen molar-refractivity contribution in [1.29, 1.82) is 0 Å². The first kappa shape index (κ1) is 12.7. The van der Waals surface area contributed by atoms with E-state index in [0.717, 1.165) is 20.9 Å². The summed E-state index contributed by atoms with van der Waals surface area (Å²) in [6.07, 6.45) is 0. The van der Waals surface area contributed by atoms with Crippen LogP contribution in [0.25, 0.3) is 10.2 Å². The molecule has 0 radical (unpaired) electrons. The Morgan fingerprint density at radius 2 is 1.89 bits per heavy atom. The average molecular weight is 309 g/mol. The number of aromatic nitrogens is 1. The summed E-state index contributed by atoms with van der Waals surface area (Å²) in [5.74, 6) is 0. The van der Waals surface area contributed by atoms with Crippen LogP contribution in [0.5, 0.6) is 0 Å². The molecule has 5 heteroatoms. The fraction of sp³-hybridized carbons (Fsp3) is 0.0714. The number of halogens is 2. The van der Waals surface area contributed by atoms with Gasteiger partial charge in [-0.2, -0.15) is 0 Å². The molecule has 0 amide bonds. The highest BCUT2D eigenvalue weighted by molar-refractivity contribution is 7.22. The highest BCUT2D eigenvalue weighted by atomic mass is 35.5. The highest BCUT2D eigenvalue weighted by Crippen LogP contribution is 2.37. The Kier molecular flexibility index (Phi) is 3.35. The Hall–Kier alpha value is -1.29. The number of rotatable bonds is 2. The van der Waals surface area contributed by atoms with Crippen LogP contribution in [0.4, 0.5) is 10.8 Å². The Morgan fingerprint density at radius 3 is 2.68 bits per heavy atom. The van der Waals surface area contributed by atoms with Gasteiger partial charge in [-0.15, -0.1) is 0 Å². The van der Waals surface area contributed by atoms with Gasteiger partial charge in [0.2, 0.25) is 0 Å². The van der Waals surface area contributed by atoms with Crippen LogP contribution in [0, 0.1) is 6.92 Å². The average Bonchev–Trinajstić information content (AvgIpc) is 2.81.